The number of nitrogens with one attached hydrogen (secondary N) is 2. The Kier molecular flexibility index (Phi) is 5.17. The molecule has 5 nitrogen and oxygen atoms in total. The third-order valence-corrected chi connectivity index (χ3v) is 4.77. The van der Waals surface area contributed by atoms with Gasteiger partial charge in [-0.05, 0) is 43.3 Å². The van der Waals surface area contributed by atoms with Crippen molar-refractivity contribution in [3.05, 3.63) is 53.5 Å². The minimum absolute atomic E-state index is 0.311. The SMILES string of the molecule is CNCc1ccc(C)c(S(=O)(=O)NCCc2ccco2)c1. The van der Waals surface area contributed by atoms with Crippen LogP contribution >= 0.6 is 0 Å². The van der Waals surface area contributed by atoms with Crippen LogP contribution in [0, 0.1) is 6.92 Å². The van der Waals surface area contributed by atoms with Gasteiger partial charge in [-0.2, -0.15) is 0 Å². The molecule has 114 valence electrons. The smallest absolute Gasteiger partial charge is 0.240 e. The van der Waals surface area contributed by atoms with Crippen LogP contribution in [-0.2, 0) is 23.0 Å². The van der Waals surface area contributed by atoms with Crippen LogP contribution in [0.2, 0.25) is 0 Å². The van der Waals surface area contributed by atoms with Crippen LogP contribution in [0.4, 0.5) is 0 Å². The Balaban J connectivity index is 2.09. The van der Waals surface area contributed by atoms with Gasteiger partial charge in [0.25, 0.3) is 0 Å². The van der Waals surface area contributed by atoms with Gasteiger partial charge in [0.15, 0.2) is 0 Å². The highest BCUT2D eigenvalue weighted by Crippen LogP contribution is 2.17. The first-order valence-electron chi connectivity index (χ1n) is 6.79. The Bertz CT molecular complexity index is 679. The molecule has 0 aliphatic heterocycles. The highest BCUT2D eigenvalue weighted by Gasteiger charge is 2.17. The van der Waals surface area contributed by atoms with E-state index in [2.05, 4.69) is 10.0 Å². The van der Waals surface area contributed by atoms with Crippen molar-refractivity contribution >= 4 is 10.0 Å². The van der Waals surface area contributed by atoms with Crippen molar-refractivity contribution in [2.75, 3.05) is 13.6 Å². The molecule has 0 unspecified atom stereocenters. The number of sulfonamides is 1. The minimum atomic E-state index is -3.50. The van der Waals surface area contributed by atoms with Crippen molar-refractivity contribution in [1.29, 1.82) is 0 Å². The molecule has 0 amide bonds. The van der Waals surface area contributed by atoms with E-state index in [1.807, 2.05) is 25.2 Å². The monoisotopic (exact) mass is 308 g/mol. The molecule has 1 heterocycles. The van der Waals surface area contributed by atoms with E-state index >= 15 is 0 Å². The normalized spacial score (nSPS) is 11.7. The Morgan fingerprint density at radius 3 is 2.71 bits per heavy atom. The third kappa shape index (κ3) is 4.17. The zero-order valence-corrected chi connectivity index (χ0v) is 13.0. The van der Waals surface area contributed by atoms with Crippen LogP contribution in [0.1, 0.15) is 16.9 Å². The lowest BCUT2D eigenvalue weighted by Crippen LogP contribution is -2.26. The third-order valence-electron chi connectivity index (χ3n) is 3.17. The molecule has 0 aliphatic rings. The number of hydrogen-bond acceptors (Lipinski definition) is 4. The molecule has 2 rings (SSSR count). The molecule has 0 bridgehead atoms. The predicted molar refractivity (Wildman–Crippen MR) is 81.5 cm³/mol. The molecule has 6 heteroatoms. The molecular weight excluding hydrogens is 288 g/mol. The fourth-order valence-corrected chi connectivity index (χ4v) is 3.41. The quantitative estimate of drug-likeness (QED) is 0.818. The largest absolute Gasteiger partial charge is 0.469 e. The Morgan fingerprint density at radius 1 is 1.24 bits per heavy atom. The van der Waals surface area contributed by atoms with Gasteiger partial charge < -0.3 is 9.73 Å². The van der Waals surface area contributed by atoms with Gasteiger partial charge in [0.1, 0.15) is 5.76 Å². The molecule has 0 saturated carbocycles. The molecule has 0 saturated heterocycles. The fraction of sp³-hybridized carbons (Fsp3) is 0.333. The molecule has 0 fully saturated rings. The van der Waals surface area contributed by atoms with Crippen molar-refractivity contribution in [2.45, 2.75) is 24.8 Å². The molecule has 21 heavy (non-hydrogen) atoms. The van der Waals surface area contributed by atoms with Crippen LogP contribution in [0.25, 0.3) is 0 Å². The molecule has 0 radical (unpaired) electrons. The summed E-state index contributed by atoms with van der Waals surface area (Å²) in [4.78, 5) is 0.328. The van der Waals surface area contributed by atoms with Crippen LogP contribution in [0.5, 0.6) is 0 Å². The van der Waals surface area contributed by atoms with Gasteiger partial charge in [0.05, 0.1) is 11.2 Å². The number of hydrogen-bond donors (Lipinski definition) is 2. The second kappa shape index (κ2) is 6.89. The Hall–Kier alpha value is -1.63. The van der Waals surface area contributed by atoms with Crippen molar-refractivity contribution in [3.8, 4) is 0 Å². The predicted octanol–water partition coefficient (Wildman–Crippen LogP) is 1.83. The fourth-order valence-electron chi connectivity index (χ4n) is 2.09. The summed E-state index contributed by atoms with van der Waals surface area (Å²) in [7, 11) is -1.68. The number of aryl methyl sites for hydroxylation is 1. The summed E-state index contributed by atoms with van der Waals surface area (Å²) in [6.45, 7) is 2.74. The average Bonchev–Trinajstić information content (AvgIpc) is 2.94. The number of rotatable bonds is 7. The van der Waals surface area contributed by atoms with Gasteiger partial charge in [-0.25, -0.2) is 13.1 Å². The second-order valence-corrected chi connectivity index (χ2v) is 6.59. The topological polar surface area (TPSA) is 71.3 Å². The molecular formula is C15H20N2O3S. The first kappa shape index (κ1) is 15.8. The summed E-state index contributed by atoms with van der Waals surface area (Å²) >= 11 is 0. The van der Waals surface area contributed by atoms with E-state index in [0.29, 0.717) is 24.4 Å². The van der Waals surface area contributed by atoms with E-state index < -0.39 is 10.0 Å². The van der Waals surface area contributed by atoms with E-state index in [1.54, 1.807) is 25.3 Å². The molecule has 1 aromatic carbocycles. The van der Waals surface area contributed by atoms with Gasteiger partial charge in [0, 0.05) is 19.5 Å². The lowest BCUT2D eigenvalue weighted by atomic mass is 10.1. The van der Waals surface area contributed by atoms with Crippen molar-refractivity contribution in [2.24, 2.45) is 0 Å². The first-order valence-corrected chi connectivity index (χ1v) is 8.27. The maximum Gasteiger partial charge on any atom is 0.240 e. The summed E-state index contributed by atoms with van der Waals surface area (Å²) in [5.74, 6) is 0.762. The second-order valence-electron chi connectivity index (χ2n) is 4.86. The summed E-state index contributed by atoms with van der Waals surface area (Å²) in [6.07, 6.45) is 2.11. The van der Waals surface area contributed by atoms with Crippen molar-refractivity contribution < 1.29 is 12.8 Å². The first-order chi connectivity index (χ1) is 10.0. The maximum absolute atomic E-state index is 12.4. The van der Waals surface area contributed by atoms with E-state index in [0.717, 1.165) is 16.9 Å². The van der Waals surface area contributed by atoms with Gasteiger partial charge in [-0.3, -0.25) is 0 Å². The summed E-state index contributed by atoms with van der Waals surface area (Å²) < 4.78 is 32.6. The van der Waals surface area contributed by atoms with Crippen molar-refractivity contribution in [1.82, 2.24) is 10.0 Å². The van der Waals surface area contributed by atoms with Crippen molar-refractivity contribution in [3.63, 3.8) is 0 Å². The highest BCUT2D eigenvalue weighted by atomic mass is 32.2. The molecule has 0 atom stereocenters. The average molecular weight is 308 g/mol. The molecule has 2 N–H and O–H groups in total. The van der Waals surface area contributed by atoms with E-state index in [-0.39, 0.29) is 0 Å². The van der Waals surface area contributed by atoms with Crippen LogP contribution in [0.3, 0.4) is 0 Å². The van der Waals surface area contributed by atoms with Gasteiger partial charge in [-0.1, -0.05) is 12.1 Å². The molecule has 0 aliphatic carbocycles. The van der Waals surface area contributed by atoms with E-state index in [9.17, 15) is 8.42 Å². The van der Waals surface area contributed by atoms with E-state index in [4.69, 9.17) is 4.42 Å². The molecule has 1 aromatic heterocycles. The minimum Gasteiger partial charge on any atom is -0.469 e. The summed E-state index contributed by atoms with van der Waals surface area (Å²) in [5, 5.41) is 3.02. The van der Waals surface area contributed by atoms with Gasteiger partial charge >= 0.3 is 0 Å². The van der Waals surface area contributed by atoms with Crippen LogP contribution < -0.4 is 10.0 Å². The zero-order chi connectivity index (χ0) is 15.3. The maximum atomic E-state index is 12.4. The van der Waals surface area contributed by atoms with E-state index in [1.165, 1.54) is 0 Å². The highest BCUT2D eigenvalue weighted by molar-refractivity contribution is 7.89. The number of furan rings is 1. The summed E-state index contributed by atoms with van der Waals surface area (Å²) in [5.41, 5.74) is 1.68. The standard InChI is InChI=1S/C15H20N2O3S/c1-12-5-6-13(11-16-2)10-15(12)21(18,19)17-8-7-14-4-3-9-20-14/h3-6,9-10,16-17H,7-8,11H2,1-2H3. The zero-order valence-electron chi connectivity index (χ0n) is 12.2. The number of benzene rings is 1. The molecule has 2 aromatic rings. The summed E-state index contributed by atoms with van der Waals surface area (Å²) in [6, 6.07) is 9.07. The Labute approximate surface area is 125 Å². The Morgan fingerprint density at radius 2 is 2.05 bits per heavy atom. The lowest BCUT2D eigenvalue weighted by molar-refractivity contribution is 0.506. The van der Waals surface area contributed by atoms with Gasteiger partial charge in [0.2, 0.25) is 10.0 Å². The molecule has 0 spiro atoms. The lowest BCUT2D eigenvalue weighted by Gasteiger charge is -2.11. The van der Waals surface area contributed by atoms with Gasteiger partial charge in [-0.15, -0.1) is 0 Å². The van der Waals surface area contributed by atoms with Crippen LogP contribution in [0.15, 0.2) is 45.9 Å². The van der Waals surface area contributed by atoms with Crippen LogP contribution in [-0.4, -0.2) is 22.0 Å².